The summed E-state index contributed by atoms with van der Waals surface area (Å²) in [6.45, 7) is 2.53. The Balaban J connectivity index is 1.67. The van der Waals surface area contributed by atoms with E-state index in [9.17, 15) is 9.59 Å². The number of amides is 2. The number of carbonyl (C=O) groups is 2. The predicted octanol–water partition coefficient (Wildman–Crippen LogP) is 2.48. The molecule has 0 unspecified atom stereocenters. The van der Waals surface area contributed by atoms with Crippen molar-refractivity contribution < 1.29 is 14.0 Å². The number of rotatable bonds is 4. The summed E-state index contributed by atoms with van der Waals surface area (Å²) in [6.07, 6.45) is 2.85. The summed E-state index contributed by atoms with van der Waals surface area (Å²) < 4.78 is 5.32. The summed E-state index contributed by atoms with van der Waals surface area (Å²) in [7, 11) is 0. The third kappa shape index (κ3) is 3.48. The van der Waals surface area contributed by atoms with E-state index < -0.39 is 0 Å². The Hall–Kier alpha value is -2.89. The fourth-order valence-electron chi connectivity index (χ4n) is 2.48. The largest absolute Gasteiger partial charge is 0.460 e. The van der Waals surface area contributed by atoms with E-state index in [2.05, 4.69) is 10.5 Å². The second kappa shape index (κ2) is 6.48. The molecule has 0 bridgehead atoms. The minimum absolute atomic E-state index is 0.0915. The summed E-state index contributed by atoms with van der Waals surface area (Å²) in [4.78, 5) is 25.6. The lowest BCUT2D eigenvalue weighted by Crippen LogP contribution is -2.24. The van der Waals surface area contributed by atoms with Crippen LogP contribution in [0.25, 0.3) is 0 Å². The predicted molar refractivity (Wildman–Crippen MR) is 86.5 cm³/mol. The second-order valence-electron chi connectivity index (χ2n) is 5.35. The standard InChI is InChI=1S/C17H17N3O3/c1-12-7-8-15(23-12)11-18-19-17(22)13-4-2-5-14(10-13)20-9-3-6-16(20)21/h2,4-5,7-8,10-11H,3,6,9H2,1H3,(H,19,22). The monoisotopic (exact) mass is 311 g/mol. The van der Waals surface area contributed by atoms with Gasteiger partial charge in [0.25, 0.3) is 5.91 Å². The molecule has 1 fully saturated rings. The zero-order valence-corrected chi connectivity index (χ0v) is 12.8. The lowest BCUT2D eigenvalue weighted by Gasteiger charge is -2.16. The van der Waals surface area contributed by atoms with E-state index in [1.807, 2.05) is 19.1 Å². The normalized spacial score (nSPS) is 14.7. The van der Waals surface area contributed by atoms with Crippen LogP contribution in [0.3, 0.4) is 0 Å². The molecule has 1 aliphatic rings. The van der Waals surface area contributed by atoms with Crippen molar-refractivity contribution in [1.29, 1.82) is 0 Å². The number of hydrogen-bond acceptors (Lipinski definition) is 4. The highest BCUT2D eigenvalue weighted by Crippen LogP contribution is 2.22. The van der Waals surface area contributed by atoms with Crippen LogP contribution in [0.1, 0.15) is 34.7 Å². The van der Waals surface area contributed by atoms with Crippen molar-refractivity contribution in [2.24, 2.45) is 5.10 Å². The van der Waals surface area contributed by atoms with Gasteiger partial charge in [-0.1, -0.05) is 6.07 Å². The third-order valence-corrected chi connectivity index (χ3v) is 3.61. The van der Waals surface area contributed by atoms with Crippen molar-refractivity contribution >= 4 is 23.7 Å². The molecule has 1 aromatic heterocycles. The van der Waals surface area contributed by atoms with Crippen molar-refractivity contribution in [2.45, 2.75) is 19.8 Å². The Labute approximate surface area is 133 Å². The third-order valence-electron chi connectivity index (χ3n) is 3.61. The maximum atomic E-state index is 12.1. The second-order valence-corrected chi connectivity index (χ2v) is 5.35. The number of anilines is 1. The summed E-state index contributed by atoms with van der Waals surface area (Å²) in [5, 5.41) is 3.87. The van der Waals surface area contributed by atoms with Gasteiger partial charge in [-0.15, -0.1) is 0 Å². The molecular formula is C17H17N3O3. The molecule has 0 saturated carbocycles. The summed E-state index contributed by atoms with van der Waals surface area (Å²) in [5.41, 5.74) is 3.65. The topological polar surface area (TPSA) is 74.9 Å². The highest BCUT2D eigenvalue weighted by Gasteiger charge is 2.22. The van der Waals surface area contributed by atoms with Gasteiger partial charge in [-0.05, 0) is 43.7 Å². The molecule has 3 rings (SSSR count). The average Bonchev–Trinajstić information content (AvgIpc) is 3.16. The van der Waals surface area contributed by atoms with E-state index in [1.165, 1.54) is 6.21 Å². The molecule has 2 aromatic rings. The summed E-state index contributed by atoms with van der Waals surface area (Å²) >= 11 is 0. The summed E-state index contributed by atoms with van der Waals surface area (Å²) in [5.74, 6) is 1.10. The van der Waals surface area contributed by atoms with Crippen LogP contribution in [-0.4, -0.2) is 24.6 Å². The van der Waals surface area contributed by atoms with Crippen LogP contribution < -0.4 is 10.3 Å². The fraction of sp³-hybridized carbons (Fsp3) is 0.235. The van der Waals surface area contributed by atoms with Crippen LogP contribution >= 0.6 is 0 Å². The van der Waals surface area contributed by atoms with Crippen molar-refractivity contribution in [2.75, 3.05) is 11.4 Å². The molecule has 23 heavy (non-hydrogen) atoms. The van der Waals surface area contributed by atoms with Gasteiger partial charge in [-0.2, -0.15) is 5.10 Å². The van der Waals surface area contributed by atoms with E-state index in [0.29, 0.717) is 24.3 Å². The Kier molecular flexibility index (Phi) is 4.23. The smallest absolute Gasteiger partial charge is 0.271 e. The van der Waals surface area contributed by atoms with Crippen molar-refractivity contribution in [1.82, 2.24) is 5.43 Å². The molecule has 118 valence electrons. The van der Waals surface area contributed by atoms with Gasteiger partial charge < -0.3 is 9.32 Å². The number of benzene rings is 1. The van der Waals surface area contributed by atoms with Crippen molar-refractivity contribution in [3.05, 3.63) is 53.5 Å². The van der Waals surface area contributed by atoms with E-state index in [4.69, 9.17) is 4.42 Å². The van der Waals surface area contributed by atoms with Gasteiger partial charge in [0.2, 0.25) is 5.91 Å². The Morgan fingerprint density at radius 1 is 1.35 bits per heavy atom. The van der Waals surface area contributed by atoms with Gasteiger partial charge >= 0.3 is 0 Å². The number of hydrogen-bond donors (Lipinski definition) is 1. The molecule has 0 radical (unpaired) electrons. The summed E-state index contributed by atoms with van der Waals surface area (Å²) in [6, 6.07) is 10.6. The molecule has 6 nitrogen and oxygen atoms in total. The van der Waals surface area contributed by atoms with E-state index in [1.54, 1.807) is 29.2 Å². The molecule has 1 aromatic carbocycles. The van der Waals surface area contributed by atoms with Gasteiger partial charge in [-0.3, -0.25) is 9.59 Å². The van der Waals surface area contributed by atoms with E-state index in [0.717, 1.165) is 17.9 Å². The van der Waals surface area contributed by atoms with Crippen molar-refractivity contribution in [3.8, 4) is 0 Å². The molecule has 0 aliphatic carbocycles. The minimum atomic E-state index is -0.335. The average molecular weight is 311 g/mol. The zero-order chi connectivity index (χ0) is 16.2. The first-order valence-electron chi connectivity index (χ1n) is 7.44. The van der Waals surface area contributed by atoms with Crippen LogP contribution in [0, 0.1) is 6.92 Å². The Morgan fingerprint density at radius 3 is 2.91 bits per heavy atom. The van der Waals surface area contributed by atoms with E-state index in [-0.39, 0.29) is 11.8 Å². The Morgan fingerprint density at radius 2 is 2.22 bits per heavy atom. The van der Waals surface area contributed by atoms with Gasteiger partial charge in [0, 0.05) is 24.2 Å². The molecule has 1 N–H and O–H groups in total. The van der Waals surface area contributed by atoms with Crippen LogP contribution in [0.15, 0.2) is 45.9 Å². The Bertz CT molecular complexity index is 764. The SMILES string of the molecule is Cc1ccc(C=NNC(=O)c2cccc(N3CCCC3=O)c2)o1. The molecule has 1 saturated heterocycles. The molecule has 2 heterocycles. The number of furan rings is 1. The highest BCUT2D eigenvalue weighted by molar-refractivity contribution is 5.99. The first-order valence-corrected chi connectivity index (χ1v) is 7.44. The first kappa shape index (κ1) is 15.0. The van der Waals surface area contributed by atoms with Crippen LogP contribution in [0.2, 0.25) is 0 Å². The maximum Gasteiger partial charge on any atom is 0.271 e. The first-order chi connectivity index (χ1) is 11.1. The van der Waals surface area contributed by atoms with Gasteiger partial charge in [0.05, 0.1) is 6.21 Å². The molecule has 1 aliphatic heterocycles. The number of aryl methyl sites for hydroxylation is 1. The van der Waals surface area contributed by atoms with Gasteiger partial charge in [-0.25, -0.2) is 5.43 Å². The molecule has 6 heteroatoms. The number of hydrazone groups is 1. The highest BCUT2D eigenvalue weighted by atomic mass is 16.3. The quantitative estimate of drug-likeness (QED) is 0.696. The van der Waals surface area contributed by atoms with E-state index >= 15 is 0 Å². The van der Waals surface area contributed by atoms with Crippen LogP contribution in [0.5, 0.6) is 0 Å². The molecule has 0 atom stereocenters. The van der Waals surface area contributed by atoms with Crippen molar-refractivity contribution in [3.63, 3.8) is 0 Å². The molecule has 2 amide bonds. The maximum absolute atomic E-state index is 12.1. The minimum Gasteiger partial charge on any atom is -0.460 e. The zero-order valence-electron chi connectivity index (χ0n) is 12.8. The molecular weight excluding hydrogens is 294 g/mol. The lowest BCUT2D eigenvalue weighted by molar-refractivity contribution is -0.117. The van der Waals surface area contributed by atoms with Gasteiger partial charge in [0.15, 0.2) is 0 Å². The fourth-order valence-corrected chi connectivity index (χ4v) is 2.48. The lowest BCUT2D eigenvalue weighted by atomic mass is 10.2. The van der Waals surface area contributed by atoms with Crippen LogP contribution in [-0.2, 0) is 4.79 Å². The number of carbonyl (C=O) groups excluding carboxylic acids is 2. The number of nitrogens with zero attached hydrogens (tertiary/aromatic N) is 2. The molecule has 0 spiro atoms. The number of nitrogens with one attached hydrogen (secondary N) is 1. The van der Waals surface area contributed by atoms with Crippen LogP contribution in [0.4, 0.5) is 5.69 Å². The van der Waals surface area contributed by atoms with Gasteiger partial charge in [0.1, 0.15) is 11.5 Å².